The molecule has 0 aromatic rings. The van der Waals surface area contributed by atoms with E-state index in [1.54, 1.807) is 0 Å². The molecule has 2 aliphatic rings. The fourth-order valence-electron chi connectivity index (χ4n) is 3.47. The summed E-state index contributed by atoms with van der Waals surface area (Å²) < 4.78 is 5.00. The molecule has 98 valence electrons. The highest BCUT2D eigenvalue weighted by Crippen LogP contribution is 2.37. The number of aliphatic hydroxyl groups excluding tert-OH is 1. The Balaban J connectivity index is 1.91. The molecule has 17 heavy (non-hydrogen) atoms. The number of carbonyl (C=O) groups is 1. The second-order valence-electron chi connectivity index (χ2n) is 5.32. The largest absolute Gasteiger partial charge is 0.466 e. The van der Waals surface area contributed by atoms with Crippen LogP contribution in [-0.2, 0) is 9.53 Å². The van der Waals surface area contributed by atoms with Crippen LogP contribution in [-0.4, -0.2) is 46.8 Å². The van der Waals surface area contributed by atoms with Crippen LogP contribution >= 0.6 is 0 Å². The Morgan fingerprint density at radius 2 is 2.00 bits per heavy atom. The lowest BCUT2D eigenvalue weighted by atomic mass is 9.97. The standard InChI is InChI=1S/C13H23NO3/c1-3-17-13(16)6-9(2)14-10-4-5-11(14)8-12(15)7-10/h9-12,15H,3-8H2,1-2H3/t9-,10-,11-/m1/s1. The zero-order valence-corrected chi connectivity index (χ0v) is 10.8. The number of nitrogens with zero attached hydrogens (tertiary/aromatic N) is 1. The molecule has 2 saturated heterocycles. The Kier molecular flexibility index (Phi) is 4.05. The third-order valence-electron chi connectivity index (χ3n) is 4.04. The smallest absolute Gasteiger partial charge is 0.307 e. The number of fused-ring (bicyclic) bond motifs is 2. The van der Waals surface area contributed by atoms with Crippen molar-refractivity contribution in [2.75, 3.05) is 6.61 Å². The molecule has 2 rings (SSSR count). The van der Waals surface area contributed by atoms with Crippen molar-refractivity contribution in [3.05, 3.63) is 0 Å². The Hall–Kier alpha value is -0.610. The predicted molar refractivity (Wildman–Crippen MR) is 64.6 cm³/mol. The summed E-state index contributed by atoms with van der Waals surface area (Å²) in [5.74, 6) is -0.106. The van der Waals surface area contributed by atoms with Crippen LogP contribution in [0.4, 0.5) is 0 Å². The second kappa shape index (κ2) is 5.36. The summed E-state index contributed by atoms with van der Waals surface area (Å²) in [5.41, 5.74) is 0. The van der Waals surface area contributed by atoms with Gasteiger partial charge in [0.1, 0.15) is 0 Å². The maximum absolute atomic E-state index is 11.5. The molecule has 0 saturated carbocycles. The molecular weight excluding hydrogens is 218 g/mol. The number of ether oxygens (including phenoxy) is 1. The van der Waals surface area contributed by atoms with Gasteiger partial charge in [0.25, 0.3) is 0 Å². The van der Waals surface area contributed by atoms with Gasteiger partial charge in [-0.3, -0.25) is 9.69 Å². The third-order valence-corrected chi connectivity index (χ3v) is 4.04. The second-order valence-corrected chi connectivity index (χ2v) is 5.32. The van der Waals surface area contributed by atoms with E-state index in [1.807, 2.05) is 6.92 Å². The minimum atomic E-state index is -0.140. The van der Waals surface area contributed by atoms with Gasteiger partial charge < -0.3 is 9.84 Å². The SMILES string of the molecule is CCOC(=O)C[C@@H](C)N1[C@@H]2CC[C@@H]1CC(O)C2. The summed E-state index contributed by atoms with van der Waals surface area (Å²) in [5, 5.41) is 9.74. The minimum absolute atomic E-state index is 0.106. The first-order valence-electron chi connectivity index (χ1n) is 6.73. The lowest BCUT2D eigenvalue weighted by Gasteiger charge is -2.40. The average Bonchev–Trinajstić information content (AvgIpc) is 2.51. The molecule has 2 bridgehead atoms. The normalized spacial score (nSPS) is 34.6. The van der Waals surface area contributed by atoms with Crippen molar-refractivity contribution in [3.63, 3.8) is 0 Å². The zero-order valence-electron chi connectivity index (χ0n) is 10.8. The number of hydrogen-bond donors (Lipinski definition) is 1. The van der Waals surface area contributed by atoms with E-state index in [4.69, 9.17) is 4.74 Å². The van der Waals surface area contributed by atoms with Crippen molar-refractivity contribution in [2.24, 2.45) is 0 Å². The first-order chi connectivity index (χ1) is 8.11. The van der Waals surface area contributed by atoms with Crippen LogP contribution in [0.5, 0.6) is 0 Å². The van der Waals surface area contributed by atoms with E-state index in [9.17, 15) is 9.90 Å². The van der Waals surface area contributed by atoms with E-state index in [-0.39, 0.29) is 18.1 Å². The lowest BCUT2D eigenvalue weighted by molar-refractivity contribution is -0.145. The number of esters is 1. The number of aliphatic hydroxyl groups is 1. The van der Waals surface area contributed by atoms with Crippen molar-refractivity contribution in [1.82, 2.24) is 4.90 Å². The van der Waals surface area contributed by atoms with Crippen molar-refractivity contribution >= 4 is 5.97 Å². The van der Waals surface area contributed by atoms with Gasteiger partial charge in [0.15, 0.2) is 0 Å². The number of piperidine rings is 1. The molecule has 0 aromatic heterocycles. The summed E-state index contributed by atoms with van der Waals surface area (Å²) in [4.78, 5) is 13.9. The van der Waals surface area contributed by atoms with Gasteiger partial charge in [-0.25, -0.2) is 0 Å². The fraction of sp³-hybridized carbons (Fsp3) is 0.923. The van der Waals surface area contributed by atoms with Gasteiger partial charge in [-0.2, -0.15) is 0 Å². The molecule has 0 unspecified atom stereocenters. The number of carbonyl (C=O) groups excluding carboxylic acids is 1. The highest BCUT2D eigenvalue weighted by atomic mass is 16.5. The van der Waals surface area contributed by atoms with E-state index < -0.39 is 0 Å². The van der Waals surface area contributed by atoms with E-state index >= 15 is 0 Å². The van der Waals surface area contributed by atoms with Crippen molar-refractivity contribution in [3.8, 4) is 0 Å². The molecule has 0 aromatic carbocycles. The summed E-state index contributed by atoms with van der Waals surface area (Å²) in [6, 6.07) is 1.17. The average molecular weight is 241 g/mol. The molecule has 4 nitrogen and oxygen atoms in total. The van der Waals surface area contributed by atoms with Crippen LogP contribution in [0, 0.1) is 0 Å². The van der Waals surface area contributed by atoms with E-state index in [0.717, 1.165) is 25.7 Å². The van der Waals surface area contributed by atoms with Gasteiger partial charge in [-0.15, -0.1) is 0 Å². The molecule has 0 radical (unpaired) electrons. The Morgan fingerprint density at radius 3 is 2.53 bits per heavy atom. The first kappa shape index (κ1) is 12.8. The summed E-state index contributed by atoms with van der Waals surface area (Å²) >= 11 is 0. The van der Waals surface area contributed by atoms with Crippen LogP contribution in [0.3, 0.4) is 0 Å². The first-order valence-corrected chi connectivity index (χ1v) is 6.73. The Morgan fingerprint density at radius 1 is 1.41 bits per heavy atom. The predicted octanol–water partition coefficient (Wildman–Crippen LogP) is 1.32. The van der Waals surface area contributed by atoms with Gasteiger partial charge in [0.2, 0.25) is 0 Å². The van der Waals surface area contributed by atoms with Gasteiger partial charge in [-0.05, 0) is 39.5 Å². The minimum Gasteiger partial charge on any atom is -0.466 e. The van der Waals surface area contributed by atoms with Crippen molar-refractivity contribution in [2.45, 2.75) is 70.2 Å². The Bertz CT molecular complexity index is 268. The molecular formula is C13H23NO3. The van der Waals surface area contributed by atoms with Crippen LogP contribution in [0.1, 0.15) is 46.0 Å². The molecule has 0 amide bonds. The Labute approximate surface area is 103 Å². The van der Waals surface area contributed by atoms with Crippen LogP contribution in [0.25, 0.3) is 0 Å². The molecule has 0 aliphatic carbocycles. The third kappa shape index (κ3) is 2.80. The quantitative estimate of drug-likeness (QED) is 0.754. The van der Waals surface area contributed by atoms with Gasteiger partial charge >= 0.3 is 5.97 Å². The molecule has 3 atom stereocenters. The highest BCUT2D eigenvalue weighted by Gasteiger charge is 2.42. The topological polar surface area (TPSA) is 49.8 Å². The van der Waals surface area contributed by atoms with E-state index in [1.165, 1.54) is 0 Å². The molecule has 2 fully saturated rings. The highest BCUT2D eigenvalue weighted by molar-refractivity contribution is 5.70. The van der Waals surface area contributed by atoms with Gasteiger partial charge in [-0.1, -0.05) is 0 Å². The lowest BCUT2D eigenvalue weighted by Crippen LogP contribution is -2.49. The van der Waals surface area contributed by atoms with Crippen LogP contribution in [0.2, 0.25) is 0 Å². The zero-order chi connectivity index (χ0) is 12.4. The summed E-state index contributed by atoms with van der Waals surface area (Å²) in [6.07, 6.45) is 4.38. The molecule has 4 heteroatoms. The van der Waals surface area contributed by atoms with Crippen molar-refractivity contribution in [1.29, 1.82) is 0 Å². The van der Waals surface area contributed by atoms with Crippen LogP contribution < -0.4 is 0 Å². The van der Waals surface area contributed by atoms with Crippen LogP contribution in [0.15, 0.2) is 0 Å². The molecule has 0 spiro atoms. The monoisotopic (exact) mass is 241 g/mol. The van der Waals surface area contributed by atoms with Gasteiger partial charge in [0.05, 0.1) is 19.1 Å². The summed E-state index contributed by atoms with van der Waals surface area (Å²) in [7, 11) is 0. The maximum atomic E-state index is 11.5. The summed E-state index contributed by atoms with van der Waals surface area (Å²) in [6.45, 7) is 4.39. The van der Waals surface area contributed by atoms with E-state index in [2.05, 4.69) is 11.8 Å². The number of rotatable bonds is 4. The van der Waals surface area contributed by atoms with Crippen molar-refractivity contribution < 1.29 is 14.6 Å². The fourth-order valence-corrected chi connectivity index (χ4v) is 3.47. The number of hydrogen-bond acceptors (Lipinski definition) is 4. The van der Waals surface area contributed by atoms with E-state index in [0.29, 0.717) is 25.1 Å². The maximum Gasteiger partial charge on any atom is 0.307 e. The molecule has 2 aliphatic heterocycles. The van der Waals surface area contributed by atoms with Gasteiger partial charge in [0, 0.05) is 18.1 Å². The molecule has 2 heterocycles. The molecule has 1 N–H and O–H groups in total.